The molecule has 0 spiro atoms. The second kappa shape index (κ2) is 11.3. The van der Waals surface area contributed by atoms with Crippen molar-refractivity contribution in [2.75, 3.05) is 54.8 Å². The Kier molecular flexibility index (Phi) is 7.95. The zero-order valence-corrected chi connectivity index (χ0v) is 22.8. The molecule has 9 nitrogen and oxygen atoms in total. The number of hydrogen-bond donors (Lipinski definition) is 0. The molecule has 0 N–H and O–H groups in total. The fourth-order valence-corrected chi connectivity index (χ4v) is 6.86. The van der Waals surface area contributed by atoms with Crippen LogP contribution in [0.2, 0.25) is 0 Å². The summed E-state index contributed by atoms with van der Waals surface area (Å²) < 4.78 is 32.5. The number of sulfonamides is 1. The average molecular weight is 527 g/mol. The van der Waals surface area contributed by atoms with E-state index in [1.807, 2.05) is 31.5 Å². The van der Waals surface area contributed by atoms with E-state index in [0.717, 1.165) is 73.8 Å². The van der Waals surface area contributed by atoms with E-state index in [0.29, 0.717) is 38.5 Å². The lowest BCUT2D eigenvalue weighted by atomic mass is 9.94. The monoisotopic (exact) mass is 526 g/mol. The Morgan fingerprint density at radius 3 is 2.35 bits per heavy atom. The molecule has 2 aromatic heterocycles. The molecule has 37 heavy (non-hydrogen) atoms. The molecule has 0 atom stereocenters. The van der Waals surface area contributed by atoms with Crippen molar-refractivity contribution in [2.24, 2.45) is 5.92 Å². The smallest absolute Gasteiger partial charge is 0.225 e. The summed E-state index contributed by atoms with van der Waals surface area (Å²) in [5.41, 5.74) is 3.93. The lowest BCUT2D eigenvalue weighted by Gasteiger charge is -2.35. The largest absolute Gasteiger partial charge is 0.441 e. The molecule has 0 saturated carbocycles. The van der Waals surface area contributed by atoms with E-state index < -0.39 is 10.0 Å². The van der Waals surface area contributed by atoms with Crippen LogP contribution in [0.25, 0.3) is 11.1 Å². The molecule has 0 aliphatic carbocycles. The average Bonchev–Trinajstić information content (AvgIpc) is 3.31. The van der Waals surface area contributed by atoms with Gasteiger partial charge in [-0.15, -0.1) is 0 Å². The van der Waals surface area contributed by atoms with Crippen LogP contribution in [-0.2, 0) is 22.9 Å². The molecule has 4 heterocycles. The quantitative estimate of drug-likeness (QED) is 0.414. The van der Waals surface area contributed by atoms with E-state index in [1.165, 1.54) is 5.56 Å². The van der Waals surface area contributed by atoms with Crippen LogP contribution in [0, 0.1) is 5.92 Å². The molecule has 2 fully saturated rings. The van der Waals surface area contributed by atoms with Crippen LogP contribution in [0.1, 0.15) is 51.0 Å². The first-order valence-electron chi connectivity index (χ1n) is 13.6. The minimum atomic E-state index is -3.14. The van der Waals surface area contributed by atoms with Crippen molar-refractivity contribution >= 4 is 32.8 Å². The van der Waals surface area contributed by atoms with Gasteiger partial charge in [0.25, 0.3) is 0 Å². The first-order chi connectivity index (χ1) is 17.9. The maximum Gasteiger partial charge on any atom is 0.225 e. The summed E-state index contributed by atoms with van der Waals surface area (Å²) in [5, 5.41) is 0. The third-order valence-electron chi connectivity index (χ3n) is 7.47. The normalized spacial score (nSPS) is 18.1. The first-order valence-corrected chi connectivity index (χ1v) is 15.2. The van der Waals surface area contributed by atoms with Gasteiger partial charge in [0, 0.05) is 69.8 Å². The Morgan fingerprint density at radius 2 is 1.68 bits per heavy atom. The fourth-order valence-electron chi connectivity index (χ4n) is 5.37. The van der Waals surface area contributed by atoms with Crippen LogP contribution in [0.3, 0.4) is 0 Å². The number of nitrogens with zero attached hydrogens (tertiary/aromatic N) is 6. The summed E-state index contributed by atoms with van der Waals surface area (Å²) in [6, 6.07) is 6.12. The van der Waals surface area contributed by atoms with Crippen LogP contribution < -0.4 is 9.80 Å². The van der Waals surface area contributed by atoms with Crippen LogP contribution in [0.4, 0.5) is 11.6 Å². The molecule has 5 rings (SSSR count). The number of fused-ring (bicyclic) bond motifs is 1. The summed E-state index contributed by atoms with van der Waals surface area (Å²) in [6.07, 6.45) is 9.65. The van der Waals surface area contributed by atoms with Gasteiger partial charge in [-0.3, -0.25) is 0 Å². The van der Waals surface area contributed by atoms with Gasteiger partial charge in [0.15, 0.2) is 11.5 Å². The van der Waals surface area contributed by atoms with Gasteiger partial charge in [-0.1, -0.05) is 20.3 Å². The maximum atomic E-state index is 12.4. The van der Waals surface area contributed by atoms with E-state index in [2.05, 4.69) is 32.8 Å². The number of aromatic nitrogens is 3. The number of rotatable bonds is 9. The van der Waals surface area contributed by atoms with E-state index in [1.54, 1.807) is 4.31 Å². The topological polar surface area (TPSA) is 95.7 Å². The van der Waals surface area contributed by atoms with Crippen molar-refractivity contribution in [3.05, 3.63) is 42.0 Å². The predicted molar refractivity (Wildman–Crippen MR) is 147 cm³/mol. The zero-order chi connectivity index (χ0) is 25.8. The van der Waals surface area contributed by atoms with Crippen molar-refractivity contribution in [2.45, 2.75) is 52.4 Å². The van der Waals surface area contributed by atoms with Crippen molar-refractivity contribution in [1.29, 1.82) is 0 Å². The van der Waals surface area contributed by atoms with Gasteiger partial charge in [0.05, 0.1) is 5.75 Å². The molecule has 1 aromatic carbocycles. The van der Waals surface area contributed by atoms with E-state index in [9.17, 15) is 8.42 Å². The lowest BCUT2D eigenvalue weighted by molar-refractivity contribution is 0.367. The zero-order valence-electron chi connectivity index (χ0n) is 22.0. The van der Waals surface area contributed by atoms with Gasteiger partial charge in [0.2, 0.25) is 16.0 Å². The Labute approximate surface area is 219 Å². The summed E-state index contributed by atoms with van der Waals surface area (Å²) >= 11 is 0. The highest BCUT2D eigenvalue weighted by molar-refractivity contribution is 7.89. The van der Waals surface area contributed by atoms with Gasteiger partial charge in [-0.2, -0.15) is 4.31 Å². The highest BCUT2D eigenvalue weighted by Gasteiger charge is 2.27. The number of piperazine rings is 1. The second-order valence-corrected chi connectivity index (χ2v) is 12.3. The summed E-state index contributed by atoms with van der Waals surface area (Å²) in [4.78, 5) is 18.4. The molecular weight excluding hydrogens is 488 g/mol. The molecule has 0 radical (unpaired) electrons. The number of piperidine rings is 1. The van der Waals surface area contributed by atoms with Crippen LogP contribution in [0.15, 0.2) is 35.0 Å². The Bertz CT molecular complexity index is 1280. The highest BCUT2D eigenvalue weighted by Crippen LogP contribution is 2.28. The molecule has 10 heteroatoms. The van der Waals surface area contributed by atoms with Gasteiger partial charge in [-0.05, 0) is 49.3 Å². The number of benzene rings is 1. The molecule has 0 bridgehead atoms. The summed E-state index contributed by atoms with van der Waals surface area (Å²) in [7, 11) is -3.14. The van der Waals surface area contributed by atoms with Gasteiger partial charge in [-0.25, -0.2) is 23.4 Å². The third-order valence-corrected chi connectivity index (χ3v) is 9.54. The van der Waals surface area contributed by atoms with Crippen molar-refractivity contribution < 1.29 is 12.8 Å². The number of aryl methyl sites for hydroxylation is 1. The minimum Gasteiger partial charge on any atom is -0.441 e. The second-order valence-electron chi connectivity index (χ2n) is 10.2. The van der Waals surface area contributed by atoms with Crippen LogP contribution in [-0.4, -0.2) is 72.7 Å². The number of hydrogen-bond acceptors (Lipinski definition) is 8. The minimum absolute atomic E-state index is 0.221. The predicted octanol–water partition coefficient (Wildman–Crippen LogP) is 3.89. The Morgan fingerprint density at radius 1 is 0.946 bits per heavy atom. The standard InChI is InChI=1S/C27H38N6O3S/c1-3-5-22-19-28-27(29-20-22)32-10-8-21(9-11-32)17-26-30-24-7-6-23(18-25(24)36-26)31-12-14-33(15-13-31)37(34,35)16-4-2/h6-7,18-21H,3-5,8-17H2,1-2H3. The van der Waals surface area contributed by atoms with Gasteiger partial charge in [0.1, 0.15) is 5.52 Å². The highest BCUT2D eigenvalue weighted by atomic mass is 32.2. The van der Waals surface area contributed by atoms with Crippen molar-refractivity contribution in [3.8, 4) is 0 Å². The van der Waals surface area contributed by atoms with Gasteiger partial charge < -0.3 is 14.2 Å². The van der Waals surface area contributed by atoms with Crippen molar-refractivity contribution in [1.82, 2.24) is 19.3 Å². The van der Waals surface area contributed by atoms with Gasteiger partial charge >= 0.3 is 0 Å². The Balaban J connectivity index is 1.16. The molecule has 2 aliphatic rings. The molecule has 0 amide bonds. The van der Waals surface area contributed by atoms with E-state index >= 15 is 0 Å². The van der Waals surface area contributed by atoms with E-state index in [4.69, 9.17) is 9.40 Å². The van der Waals surface area contributed by atoms with Crippen LogP contribution in [0.5, 0.6) is 0 Å². The summed E-state index contributed by atoms with van der Waals surface area (Å²) in [6.45, 7) is 8.37. The first kappa shape index (κ1) is 25.9. The molecule has 2 aliphatic heterocycles. The summed E-state index contributed by atoms with van der Waals surface area (Å²) in [5.74, 6) is 2.37. The molecule has 200 valence electrons. The van der Waals surface area contributed by atoms with E-state index in [-0.39, 0.29) is 5.75 Å². The number of anilines is 2. The van der Waals surface area contributed by atoms with Crippen molar-refractivity contribution in [3.63, 3.8) is 0 Å². The molecular formula is C27H38N6O3S. The molecule has 3 aromatic rings. The number of oxazole rings is 1. The SMILES string of the molecule is CCCc1cnc(N2CCC(Cc3nc4ccc(N5CCN(S(=O)(=O)CCC)CC5)cc4o3)CC2)nc1. The third kappa shape index (κ3) is 6.06. The Hall–Kier alpha value is -2.72. The molecule has 2 saturated heterocycles. The molecule has 0 unspecified atom stereocenters. The lowest BCUT2D eigenvalue weighted by Crippen LogP contribution is -2.49. The van der Waals surface area contributed by atoms with Crippen LogP contribution >= 0.6 is 0 Å². The maximum absolute atomic E-state index is 12.4. The fraction of sp³-hybridized carbons (Fsp3) is 0.593.